The van der Waals surface area contributed by atoms with Gasteiger partial charge in [-0.3, -0.25) is 9.78 Å². The highest BCUT2D eigenvalue weighted by molar-refractivity contribution is 6.07. The Labute approximate surface area is 148 Å². The zero-order valence-corrected chi connectivity index (χ0v) is 13.6. The van der Waals surface area contributed by atoms with E-state index in [1.807, 2.05) is 30.3 Å². The predicted molar refractivity (Wildman–Crippen MR) is 96.9 cm³/mol. The highest BCUT2D eigenvalue weighted by Crippen LogP contribution is 2.30. The number of benzene rings is 2. The molecule has 4 rings (SSSR count). The molecule has 0 aliphatic carbocycles. The number of furan rings is 1. The molecular weight excluding hydrogens is 332 g/mol. The molecule has 2 heterocycles. The van der Waals surface area contributed by atoms with Gasteiger partial charge in [0.05, 0.1) is 5.56 Å². The van der Waals surface area contributed by atoms with E-state index in [0.717, 1.165) is 21.9 Å². The van der Waals surface area contributed by atoms with E-state index in [1.165, 1.54) is 6.20 Å². The lowest BCUT2D eigenvalue weighted by Gasteiger charge is -2.06. The van der Waals surface area contributed by atoms with Crippen molar-refractivity contribution in [1.82, 2.24) is 4.98 Å². The molecule has 0 radical (unpaired) electrons. The molecule has 26 heavy (non-hydrogen) atoms. The first-order chi connectivity index (χ1) is 12.7. The maximum Gasteiger partial charge on any atom is 0.340 e. The third kappa shape index (κ3) is 3.12. The van der Waals surface area contributed by atoms with Crippen LogP contribution in [0, 0.1) is 0 Å². The fourth-order valence-electron chi connectivity index (χ4n) is 2.70. The molecule has 2 aromatic heterocycles. The monoisotopic (exact) mass is 346 g/mol. The maximum atomic E-state index is 12.1. The molecule has 6 nitrogen and oxygen atoms in total. The summed E-state index contributed by atoms with van der Waals surface area (Å²) in [4.78, 5) is 27.7. The molecule has 1 N–H and O–H groups in total. The van der Waals surface area contributed by atoms with Crippen LogP contribution in [0.25, 0.3) is 21.9 Å². The van der Waals surface area contributed by atoms with E-state index in [0.29, 0.717) is 11.3 Å². The van der Waals surface area contributed by atoms with Crippen molar-refractivity contribution in [1.29, 1.82) is 0 Å². The van der Waals surface area contributed by atoms with Gasteiger partial charge in [0.15, 0.2) is 6.61 Å². The van der Waals surface area contributed by atoms with Gasteiger partial charge in [0.25, 0.3) is 5.91 Å². The Balaban J connectivity index is 1.45. The molecule has 1 amide bonds. The molecular formula is C20H14N2O4. The number of nitrogens with zero attached hydrogens (tertiary/aromatic N) is 1. The van der Waals surface area contributed by atoms with E-state index in [-0.39, 0.29) is 6.61 Å². The molecule has 0 fully saturated rings. The van der Waals surface area contributed by atoms with Crippen LogP contribution in [0.1, 0.15) is 10.4 Å². The van der Waals surface area contributed by atoms with Crippen molar-refractivity contribution in [2.75, 3.05) is 11.9 Å². The van der Waals surface area contributed by atoms with E-state index in [2.05, 4.69) is 10.3 Å². The molecule has 0 spiro atoms. The SMILES string of the molecule is O=C(COC(=O)c1cccnc1)Nc1ccc2oc3ccccc3c2c1. The molecule has 0 aliphatic rings. The van der Waals surface area contributed by atoms with Gasteiger partial charge in [-0.1, -0.05) is 18.2 Å². The molecule has 4 aromatic rings. The van der Waals surface area contributed by atoms with Crippen LogP contribution in [-0.2, 0) is 9.53 Å². The number of rotatable bonds is 4. The zero-order valence-electron chi connectivity index (χ0n) is 13.6. The number of amides is 1. The summed E-state index contributed by atoms with van der Waals surface area (Å²) in [6.45, 7) is -0.377. The fourth-order valence-corrected chi connectivity index (χ4v) is 2.70. The zero-order chi connectivity index (χ0) is 17.9. The number of pyridine rings is 1. The molecule has 0 bridgehead atoms. The summed E-state index contributed by atoms with van der Waals surface area (Å²) in [5.74, 6) is -1.01. The molecule has 128 valence electrons. The number of ether oxygens (including phenoxy) is 1. The minimum Gasteiger partial charge on any atom is -0.456 e. The lowest BCUT2D eigenvalue weighted by molar-refractivity contribution is -0.119. The summed E-state index contributed by atoms with van der Waals surface area (Å²) in [6.07, 6.45) is 2.94. The van der Waals surface area contributed by atoms with Crippen LogP contribution >= 0.6 is 0 Å². The van der Waals surface area contributed by atoms with Gasteiger partial charge in [0.1, 0.15) is 11.2 Å². The standard InChI is InChI=1S/C20H14N2O4/c23-19(12-25-20(24)13-4-3-9-21-11-13)22-14-7-8-18-16(10-14)15-5-1-2-6-17(15)26-18/h1-11H,12H2,(H,22,23). The number of aromatic nitrogens is 1. The number of carbonyl (C=O) groups is 2. The molecule has 0 atom stereocenters. The number of hydrogen-bond donors (Lipinski definition) is 1. The third-order valence-electron chi connectivity index (χ3n) is 3.89. The molecule has 0 unspecified atom stereocenters. The number of anilines is 1. The van der Waals surface area contributed by atoms with Gasteiger partial charge in [-0.05, 0) is 36.4 Å². The van der Waals surface area contributed by atoms with Crippen LogP contribution in [0.3, 0.4) is 0 Å². The number of carbonyl (C=O) groups excluding carboxylic acids is 2. The van der Waals surface area contributed by atoms with Crippen LogP contribution in [0.4, 0.5) is 5.69 Å². The summed E-state index contributed by atoms with van der Waals surface area (Å²) < 4.78 is 10.7. The van der Waals surface area contributed by atoms with E-state index in [9.17, 15) is 9.59 Å². The number of fused-ring (bicyclic) bond motifs is 3. The topological polar surface area (TPSA) is 81.4 Å². The number of hydrogen-bond acceptors (Lipinski definition) is 5. The predicted octanol–water partition coefficient (Wildman–Crippen LogP) is 3.78. The van der Waals surface area contributed by atoms with Crippen molar-refractivity contribution in [3.63, 3.8) is 0 Å². The Kier molecular flexibility index (Phi) is 4.07. The van der Waals surface area contributed by atoms with Crippen LogP contribution < -0.4 is 5.32 Å². The van der Waals surface area contributed by atoms with Gasteiger partial charge in [-0.2, -0.15) is 0 Å². The smallest absolute Gasteiger partial charge is 0.340 e. The number of nitrogens with one attached hydrogen (secondary N) is 1. The third-order valence-corrected chi connectivity index (χ3v) is 3.89. The number of para-hydroxylation sites is 1. The van der Waals surface area contributed by atoms with Crippen molar-refractivity contribution in [3.05, 3.63) is 72.6 Å². The Morgan fingerprint density at radius 2 is 1.85 bits per heavy atom. The Hall–Kier alpha value is -3.67. The van der Waals surface area contributed by atoms with Crippen molar-refractivity contribution in [2.24, 2.45) is 0 Å². The highest BCUT2D eigenvalue weighted by atomic mass is 16.5. The van der Waals surface area contributed by atoms with Crippen molar-refractivity contribution < 1.29 is 18.7 Å². The van der Waals surface area contributed by atoms with Gasteiger partial charge >= 0.3 is 5.97 Å². The van der Waals surface area contributed by atoms with Gasteiger partial charge in [0, 0.05) is 28.9 Å². The lowest BCUT2D eigenvalue weighted by Crippen LogP contribution is -2.20. The Bertz CT molecular complexity index is 1100. The fraction of sp³-hybridized carbons (Fsp3) is 0.0500. The first-order valence-electron chi connectivity index (χ1n) is 7.99. The molecule has 0 aliphatic heterocycles. The average molecular weight is 346 g/mol. The van der Waals surface area contributed by atoms with Gasteiger partial charge in [0.2, 0.25) is 0 Å². The van der Waals surface area contributed by atoms with Crippen LogP contribution in [0.2, 0.25) is 0 Å². The summed E-state index contributed by atoms with van der Waals surface area (Å²) in [5.41, 5.74) is 2.43. The maximum absolute atomic E-state index is 12.1. The van der Waals surface area contributed by atoms with Crippen molar-refractivity contribution in [3.8, 4) is 0 Å². The Morgan fingerprint density at radius 3 is 2.69 bits per heavy atom. The second-order valence-corrected chi connectivity index (χ2v) is 5.68. The van der Waals surface area contributed by atoms with Crippen molar-refractivity contribution >= 4 is 39.5 Å². The molecule has 2 aromatic carbocycles. The normalized spacial score (nSPS) is 10.8. The minimum absolute atomic E-state index is 0.298. The van der Waals surface area contributed by atoms with E-state index < -0.39 is 11.9 Å². The minimum atomic E-state index is -0.593. The first-order valence-corrected chi connectivity index (χ1v) is 7.99. The molecule has 0 saturated heterocycles. The molecule has 6 heteroatoms. The van der Waals surface area contributed by atoms with E-state index in [4.69, 9.17) is 9.15 Å². The van der Waals surface area contributed by atoms with Crippen LogP contribution in [-0.4, -0.2) is 23.5 Å². The Morgan fingerprint density at radius 1 is 1.00 bits per heavy atom. The van der Waals surface area contributed by atoms with Gasteiger partial charge < -0.3 is 14.5 Å². The highest BCUT2D eigenvalue weighted by Gasteiger charge is 2.12. The summed E-state index contributed by atoms with van der Waals surface area (Å²) in [6, 6.07) is 16.3. The molecule has 0 saturated carbocycles. The van der Waals surface area contributed by atoms with Crippen molar-refractivity contribution in [2.45, 2.75) is 0 Å². The largest absolute Gasteiger partial charge is 0.456 e. The van der Waals surface area contributed by atoms with Crippen LogP contribution in [0.15, 0.2) is 71.4 Å². The van der Waals surface area contributed by atoms with E-state index in [1.54, 1.807) is 30.5 Å². The van der Waals surface area contributed by atoms with E-state index >= 15 is 0 Å². The summed E-state index contributed by atoms with van der Waals surface area (Å²) >= 11 is 0. The quantitative estimate of drug-likeness (QED) is 0.569. The summed E-state index contributed by atoms with van der Waals surface area (Å²) in [5, 5.41) is 4.60. The lowest BCUT2D eigenvalue weighted by atomic mass is 10.1. The summed E-state index contributed by atoms with van der Waals surface area (Å²) in [7, 11) is 0. The first kappa shape index (κ1) is 15.8. The number of esters is 1. The second-order valence-electron chi connectivity index (χ2n) is 5.68. The van der Waals surface area contributed by atoms with Gasteiger partial charge in [-0.25, -0.2) is 4.79 Å². The van der Waals surface area contributed by atoms with Crippen LogP contribution in [0.5, 0.6) is 0 Å². The second kappa shape index (κ2) is 6.68. The van der Waals surface area contributed by atoms with Gasteiger partial charge in [-0.15, -0.1) is 0 Å². The average Bonchev–Trinajstić information content (AvgIpc) is 3.05.